The zero-order chi connectivity index (χ0) is 26.4. The van der Waals surface area contributed by atoms with Crippen molar-refractivity contribution in [2.45, 2.75) is 56.8 Å². The average Bonchev–Trinajstić information content (AvgIpc) is 3.51. The summed E-state index contributed by atoms with van der Waals surface area (Å²) in [5.41, 5.74) is 5.91. The van der Waals surface area contributed by atoms with Crippen molar-refractivity contribution in [3.8, 4) is 0 Å². The van der Waals surface area contributed by atoms with E-state index in [0.29, 0.717) is 74.7 Å². The number of primary amides is 1. The first-order valence-electron chi connectivity index (χ1n) is 12.8. The van der Waals surface area contributed by atoms with E-state index < -0.39 is 23.1 Å². The fraction of sp³-hybridized carbons (Fsp3) is 0.520. The lowest BCUT2D eigenvalue weighted by Gasteiger charge is -2.40. The van der Waals surface area contributed by atoms with Gasteiger partial charge in [-0.25, -0.2) is 23.1 Å². The lowest BCUT2D eigenvalue weighted by Crippen LogP contribution is -2.51. The number of fused-ring (bicyclic) bond motifs is 1. The lowest BCUT2D eigenvalue weighted by atomic mass is 9.85. The fourth-order valence-electron chi connectivity index (χ4n) is 5.54. The predicted octanol–water partition coefficient (Wildman–Crippen LogP) is 3.55. The summed E-state index contributed by atoms with van der Waals surface area (Å²) in [5.74, 6) is -3.16. The molecule has 0 spiro atoms. The van der Waals surface area contributed by atoms with E-state index in [1.807, 2.05) is 4.90 Å². The Hall–Kier alpha value is -3.45. The Kier molecular flexibility index (Phi) is 6.56. The van der Waals surface area contributed by atoms with Gasteiger partial charge in [-0.1, -0.05) is 0 Å². The van der Waals surface area contributed by atoms with E-state index >= 15 is 0 Å². The van der Waals surface area contributed by atoms with E-state index in [9.17, 15) is 18.0 Å². The number of nitrogens with zero attached hydrogens (tertiary/aromatic N) is 5. The van der Waals surface area contributed by atoms with Crippen molar-refractivity contribution in [3.05, 3.63) is 35.8 Å². The Balaban J connectivity index is 1.43. The highest BCUT2D eigenvalue weighted by Gasteiger charge is 2.36. The van der Waals surface area contributed by atoms with Gasteiger partial charge in [0.05, 0.1) is 25.5 Å². The molecule has 3 aliphatic rings. The third kappa shape index (κ3) is 4.53. The van der Waals surface area contributed by atoms with Crippen LogP contribution in [0.1, 0.15) is 44.6 Å². The van der Waals surface area contributed by atoms with Crippen LogP contribution in [0, 0.1) is 23.4 Å². The van der Waals surface area contributed by atoms with Crippen molar-refractivity contribution in [3.63, 3.8) is 0 Å². The molecule has 38 heavy (non-hydrogen) atoms. The maximum Gasteiger partial charge on any atom is 0.229 e. The Bertz CT molecular complexity index is 1330. The van der Waals surface area contributed by atoms with Crippen LogP contribution in [0.25, 0.3) is 11.2 Å². The first-order chi connectivity index (χ1) is 18.4. The van der Waals surface area contributed by atoms with Gasteiger partial charge in [-0.05, 0) is 32.1 Å². The van der Waals surface area contributed by atoms with Crippen LogP contribution < -0.4 is 16.0 Å². The molecule has 0 bridgehead atoms. The Labute approximate surface area is 216 Å². The highest BCUT2D eigenvalue weighted by atomic mass is 19.1. The number of aromatic nitrogens is 4. The molecule has 1 saturated carbocycles. The van der Waals surface area contributed by atoms with Crippen LogP contribution in [-0.2, 0) is 14.3 Å². The first kappa shape index (κ1) is 24.9. The fourth-order valence-corrected chi connectivity index (χ4v) is 5.54. The number of imidazole rings is 1. The predicted molar refractivity (Wildman–Crippen MR) is 131 cm³/mol. The zero-order valence-electron chi connectivity index (χ0n) is 20.6. The standard InChI is InChI=1S/C25H28F3N7O3/c26-14-9-17(27)21(18(28)10-14)32-25-31-19-11-30-24(34(20-6-8-38-20)16-5-7-37-12-16)33-23(19)35(25)15-3-1-13(2-4-15)22(29)36/h9-11,13,15-16,20H,1-8,12H2,(H2,29,36)(H,31,32)/t13-,15+,16?,20?. The Morgan fingerprint density at radius 3 is 2.39 bits per heavy atom. The molecule has 2 aliphatic heterocycles. The van der Waals surface area contributed by atoms with Crippen LogP contribution in [0.4, 0.5) is 30.8 Å². The highest BCUT2D eigenvalue weighted by Crippen LogP contribution is 2.38. The maximum absolute atomic E-state index is 14.6. The molecule has 2 atom stereocenters. The van der Waals surface area contributed by atoms with E-state index in [1.54, 1.807) is 10.8 Å². The number of ether oxygens (including phenoxy) is 2. The van der Waals surface area contributed by atoms with Crippen LogP contribution >= 0.6 is 0 Å². The molecule has 2 saturated heterocycles. The monoisotopic (exact) mass is 531 g/mol. The normalized spacial score (nSPS) is 25.3. The van der Waals surface area contributed by atoms with Gasteiger partial charge in [0.15, 0.2) is 17.3 Å². The number of hydrogen-bond donors (Lipinski definition) is 2. The first-order valence-corrected chi connectivity index (χ1v) is 12.8. The highest BCUT2D eigenvalue weighted by molar-refractivity contribution is 5.78. The van der Waals surface area contributed by atoms with Crippen molar-refractivity contribution in [2.24, 2.45) is 11.7 Å². The molecule has 202 valence electrons. The minimum Gasteiger partial charge on any atom is -0.379 e. The van der Waals surface area contributed by atoms with Crippen LogP contribution in [0.5, 0.6) is 0 Å². The number of anilines is 3. The van der Waals surface area contributed by atoms with Gasteiger partial charge in [0.25, 0.3) is 0 Å². The summed E-state index contributed by atoms with van der Waals surface area (Å²) in [7, 11) is 0. The second-order valence-corrected chi connectivity index (χ2v) is 10.0. The van der Waals surface area contributed by atoms with E-state index in [1.165, 1.54) is 0 Å². The van der Waals surface area contributed by atoms with Gasteiger partial charge in [-0.15, -0.1) is 0 Å². The molecule has 6 rings (SSSR count). The van der Waals surface area contributed by atoms with E-state index in [2.05, 4.69) is 15.3 Å². The minimum atomic E-state index is -1.08. The molecule has 0 radical (unpaired) electrons. The maximum atomic E-state index is 14.6. The second kappa shape index (κ2) is 10.0. The van der Waals surface area contributed by atoms with Gasteiger partial charge >= 0.3 is 0 Å². The third-order valence-electron chi connectivity index (χ3n) is 7.64. The molecule has 2 unspecified atom stereocenters. The Morgan fingerprint density at radius 2 is 1.79 bits per heavy atom. The third-order valence-corrected chi connectivity index (χ3v) is 7.64. The summed E-state index contributed by atoms with van der Waals surface area (Å²) < 4.78 is 55.8. The van der Waals surface area contributed by atoms with Crippen molar-refractivity contribution >= 4 is 34.7 Å². The number of halogens is 3. The van der Waals surface area contributed by atoms with Crippen molar-refractivity contribution < 1.29 is 27.4 Å². The van der Waals surface area contributed by atoms with Gasteiger partial charge in [-0.3, -0.25) is 9.36 Å². The van der Waals surface area contributed by atoms with Crippen LogP contribution in [-0.4, -0.2) is 57.5 Å². The summed E-state index contributed by atoms with van der Waals surface area (Å²) in [6.45, 7) is 1.83. The van der Waals surface area contributed by atoms with E-state index in [-0.39, 0.29) is 36.1 Å². The number of rotatable bonds is 7. The molecule has 2 aromatic heterocycles. The number of nitrogens with two attached hydrogens (primary N) is 1. The number of amides is 1. The van der Waals surface area contributed by atoms with E-state index in [4.69, 9.17) is 20.2 Å². The average molecular weight is 532 g/mol. The molecule has 4 heterocycles. The molecule has 3 fully saturated rings. The Morgan fingerprint density at radius 1 is 1.05 bits per heavy atom. The zero-order valence-corrected chi connectivity index (χ0v) is 20.6. The SMILES string of the molecule is NC(=O)[C@H]1CC[C@@H](n2c(Nc3c(F)cc(F)cc3F)nc3cnc(N(C4CCOC4)C4CCO4)nc32)CC1. The van der Waals surface area contributed by atoms with Gasteiger partial charge in [0, 0.05) is 37.1 Å². The molecular weight excluding hydrogens is 503 g/mol. The molecule has 3 N–H and O–H groups in total. The molecule has 10 nitrogen and oxygen atoms in total. The van der Waals surface area contributed by atoms with Crippen LogP contribution in [0.15, 0.2) is 18.3 Å². The number of carbonyl (C=O) groups is 1. The molecule has 3 aromatic rings. The largest absolute Gasteiger partial charge is 0.379 e. The lowest BCUT2D eigenvalue weighted by molar-refractivity contribution is -0.122. The summed E-state index contributed by atoms with van der Waals surface area (Å²) in [6.07, 6.45) is 5.38. The minimum absolute atomic E-state index is 0.0557. The van der Waals surface area contributed by atoms with Gasteiger partial charge < -0.3 is 25.4 Å². The number of carbonyl (C=O) groups excluding carboxylic acids is 1. The van der Waals surface area contributed by atoms with Crippen molar-refractivity contribution in [1.29, 1.82) is 0 Å². The number of benzene rings is 1. The smallest absolute Gasteiger partial charge is 0.229 e. The molecule has 13 heteroatoms. The summed E-state index contributed by atoms with van der Waals surface area (Å²) in [5, 5.41) is 2.72. The van der Waals surface area contributed by atoms with Crippen molar-refractivity contribution in [1.82, 2.24) is 19.5 Å². The molecule has 1 aliphatic carbocycles. The summed E-state index contributed by atoms with van der Waals surface area (Å²) in [4.78, 5) is 27.8. The van der Waals surface area contributed by atoms with Crippen LogP contribution in [0.3, 0.4) is 0 Å². The van der Waals surface area contributed by atoms with Gasteiger partial charge in [-0.2, -0.15) is 4.98 Å². The van der Waals surface area contributed by atoms with Crippen LogP contribution in [0.2, 0.25) is 0 Å². The quantitative estimate of drug-likeness (QED) is 0.475. The van der Waals surface area contributed by atoms with Crippen molar-refractivity contribution in [2.75, 3.05) is 30.0 Å². The molecular formula is C25H28F3N7O3. The summed E-state index contributed by atoms with van der Waals surface area (Å²) >= 11 is 0. The molecule has 1 aromatic carbocycles. The number of nitrogens with one attached hydrogen (secondary N) is 1. The topological polar surface area (TPSA) is 120 Å². The van der Waals surface area contributed by atoms with E-state index in [0.717, 1.165) is 12.8 Å². The molecule has 1 amide bonds. The number of hydrogen-bond acceptors (Lipinski definition) is 8. The van der Waals surface area contributed by atoms with Gasteiger partial charge in [0.2, 0.25) is 17.8 Å². The van der Waals surface area contributed by atoms with Gasteiger partial charge in [0.1, 0.15) is 23.2 Å². The summed E-state index contributed by atoms with van der Waals surface area (Å²) in [6, 6.07) is 1.10. The second-order valence-electron chi connectivity index (χ2n) is 10.0.